The third kappa shape index (κ3) is 4.15. The number of anilines is 2. The first kappa shape index (κ1) is 14.2. The Morgan fingerprint density at radius 3 is 2.74 bits per heavy atom. The summed E-state index contributed by atoms with van der Waals surface area (Å²) >= 11 is 0. The topological polar surface area (TPSA) is 15.3 Å². The Morgan fingerprint density at radius 1 is 1.16 bits per heavy atom. The molecule has 0 radical (unpaired) electrons. The summed E-state index contributed by atoms with van der Waals surface area (Å²) in [7, 11) is 4.19. The molecular formula is C17H28N2. The van der Waals surface area contributed by atoms with Crippen LogP contribution in [-0.4, -0.2) is 20.1 Å². The van der Waals surface area contributed by atoms with E-state index in [1.54, 1.807) is 0 Å². The minimum absolute atomic E-state index is 0.661. The Hall–Kier alpha value is -1.18. The van der Waals surface area contributed by atoms with Gasteiger partial charge in [0, 0.05) is 31.5 Å². The fourth-order valence-electron chi connectivity index (χ4n) is 3.04. The van der Waals surface area contributed by atoms with E-state index in [1.807, 2.05) is 0 Å². The molecule has 19 heavy (non-hydrogen) atoms. The van der Waals surface area contributed by atoms with Crippen LogP contribution >= 0.6 is 0 Å². The predicted octanol–water partition coefficient (Wildman–Crippen LogP) is 4.52. The molecule has 1 aromatic rings. The van der Waals surface area contributed by atoms with Crippen LogP contribution in [0.4, 0.5) is 11.4 Å². The van der Waals surface area contributed by atoms with E-state index in [9.17, 15) is 0 Å². The number of benzene rings is 1. The summed E-state index contributed by atoms with van der Waals surface area (Å²) in [6.07, 6.45) is 8.19. The second-order valence-electron chi connectivity index (χ2n) is 6.07. The second kappa shape index (κ2) is 6.83. The van der Waals surface area contributed by atoms with Crippen LogP contribution < -0.4 is 10.2 Å². The molecule has 1 N–H and O–H groups in total. The molecule has 1 aliphatic rings. The van der Waals surface area contributed by atoms with Crippen molar-refractivity contribution in [2.75, 3.05) is 24.3 Å². The third-order valence-electron chi connectivity index (χ3n) is 4.40. The monoisotopic (exact) mass is 260 g/mol. The zero-order valence-corrected chi connectivity index (χ0v) is 12.7. The van der Waals surface area contributed by atoms with Gasteiger partial charge in [-0.15, -0.1) is 0 Å². The first-order chi connectivity index (χ1) is 9.19. The number of nitrogens with one attached hydrogen (secondary N) is 1. The molecule has 1 fully saturated rings. The third-order valence-corrected chi connectivity index (χ3v) is 4.40. The van der Waals surface area contributed by atoms with Gasteiger partial charge in [-0.1, -0.05) is 32.3 Å². The van der Waals surface area contributed by atoms with Crippen LogP contribution in [0.2, 0.25) is 0 Å². The summed E-state index contributed by atoms with van der Waals surface area (Å²) in [5, 5.41) is 3.73. The van der Waals surface area contributed by atoms with Crippen LogP contribution in [0.5, 0.6) is 0 Å². The lowest BCUT2D eigenvalue weighted by Crippen LogP contribution is -2.18. The average Bonchev–Trinajstić information content (AvgIpc) is 2.64. The molecule has 0 amide bonds. The summed E-state index contributed by atoms with van der Waals surface area (Å²) in [4.78, 5) is 2.16. The van der Waals surface area contributed by atoms with Crippen LogP contribution in [0.1, 0.15) is 45.4 Å². The van der Waals surface area contributed by atoms with E-state index < -0.39 is 0 Å². The molecule has 106 valence electrons. The molecule has 1 saturated carbocycles. The molecule has 2 rings (SSSR count). The highest BCUT2D eigenvalue weighted by molar-refractivity contribution is 5.57. The summed E-state index contributed by atoms with van der Waals surface area (Å²) in [6.45, 7) is 2.33. The smallest absolute Gasteiger partial charge is 0.0381 e. The van der Waals surface area contributed by atoms with E-state index in [0.29, 0.717) is 6.04 Å². The molecule has 2 nitrogen and oxygen atoms in total. The fourth-order valence-corrected chi connectivity index (χ4v) is 3.04. The summed E-state index contributed by atoms with van der Waals surface area (Å²) in [5.74, 6) is 0.958. The van der Waals surface area contributed by atoms with Crippen molar-refractivity contribution < 1.29 is 0 Å². The van der Waals surface area contributed by atoms with Crippen molar-refractivity contribution in [3.05, 3.63) is 24.3 Å². The van der Waals surface area contributed by atoms with Crippen molar-refractivity contribution >= 4 is 11.4 Å². The zero-order chi connectivity index (χ0) is 13.7. The maximum atomic E-state index is 3.73. The number of rotatable bonds is 4. The zero-order valence-electron chi connectivity index (χ0n) is 12.7. The standard InChI is InChI=1S/C17H28N2/c1-4-14-7-5-8-15(12-11-14)18-16-9-6-10-17(13-16)19(2)3/h6,9-10,13-15,18H,4-5,7-8,11-12H2,1-3H3. The van der Waals surface area contributed by atoms with E-state index in [4.69, 9.17) is 0 Å². The van der Waals surface area contributed by atoms with E-state index in [-0.39, 0.29) is 0 Å². The largest absolute Gasteiger partial charge is 0.382 e. The predicted molar refractivity (Wildman–Crippen MR) is 85.0 cm³/mol. The first-order valence-corrected chi connectivity index (χ1v) is 7.73. The highest BCUT2D eigenvalue weighted by Gasteiger charge is 2.17. The second-order valence-corrected chi connectivity index (χ2v) is 6.07. The minimum Gasteiger partial charge on any atom is -0.382 e. The van der Waals surface area contributed by atoms with E-state index in [1.165, 1.54) is 49.9 Å². The normalized spacial score (nSPS) is 23.7. The van der Waals surface area contributed by atoms with E-state index >= 15 is 0 Å². The van der Waals surface area contributed by atoms with Gasteiger partial charge in [0.05, 0.1) is 0 Å². The lowest BCUT2D eigenvalue weighted by molar-refractivity contribution is 0.444. The van der Waals surface area contributed by atoms with Gasteiger partial charge in [0.15, 0.2) is 0 Å². The SMILES string of the molecule is CCC1CCCC(Nc2cccc(N(C)C)c2)CC1. The minimum atomic E-state index is 0.661. The maximum absolute atomic E-state index is 3.73. The van der Waals surface area contributed by atoms with Crippen LogP contribution in [0, 0.1) is 5.92 Å². The van der Waals surface area contributed by atoms with Gasteiger partial charge in [-0.25, -0.2) is 0 Å². The quantitative estimate of drug-likeness (QED) is 0.800. The van der Waals surface area contributed by atoms with Crippen molar-refractivity contribution in [3.63, 3.8) is 0 Å². The molecule has 0 aliphatic heterocycles. The van der Waals surface area contributed by atoms with Crippen LogP contribution in [0.15, 0.2) is 24.3 Å². The molecule has 0 bridgehead atoms. The highest BCUT2D eigenvalue weighted by atomic mass is 15.1. The summed E-state index contributed by atoms with van der Waals surface area (Å²) < 4.78 is 0. The molecule has 0 saturated heterocycles. The van der Waals surface area contributed by atoms with Gasteiger partial charge in [-0.05, 0) is 43.4 Å². The first-order valence-electron chi connectivity index (χ1n) is 7.73. The van der Waals surface area contributed by atoms with Crippen molar-refractivity contribution in [2.45, 2.75) is 51.5 Å². The molecule has 2 heteroatoms. The number of hydrogen-bond acceptors (Lipinski definition) is 2. The lowest BCUT2D eigenvalue weighted by Gasteiger charge is -2.20. The molecule has 1 aliphatic carbocycles. The molecular weight excluding hydrogens is 232 g/mol. The Morgan fingerprint density at radius 2 is 2.00 bits per heavy atom. The molecule has 0 spiro atoms. The van der Waals surface area contributed by atoms with Crippen molar-refractivity contribution in [3.8, 4) is 0 Å². The van der Waals surface area contributed by atoms with Gasteiger partial charge >= 0.3 is 0 Å². The van der Waals surface area contributed by atoms with Gasteiger partial charge in [0.1, 0.15) is 0 Å². The van der Waals surface area contributed by atoms with Gasteiger partial charge in [-0.2, -0.15) is 0 Å². The fraction of sp³-hybridized carbons (Fsp3) is 0.647. The molecule has 0 aromatic heterocycles. The van der Waals surface area contributed by atoms with Crippen molar-refractivity contribution in [1.82, 2.24) is 0 Å². The van der Waals surface area contributed by atoms with Crippen LogP contribution in [-0.2, 0) is 0 Å². The average molecular weight is 260 g/mol. The molecule has 2 atom stereocenters. The Kier molecular flexibility index (Phi) is 5.12. The van der Waals surface area contributed by atoms with Gasteiger partial charge < -0.3 is 10.2 Å². The number of nitrogens with zero attached hydrogens (tertiary/aromatic N) is 1. The summed E-state index contributed by atoms with van der Waals surface area (Å²) in [5.41, 5.74) is 2.54. The maximum Gasteiger partial charge on any atom is 0.0381 e. The Bertz CT molecular complexity index is 387. The molecule has 2 unspecified atom stereocenters. The van der Waals surface area contributed by atoms with Gasteiger partial charge in [0.2, 0.25) is 0 Å². The molecule has 1 aromatic carbocycles. The van der Waals surface area contributed by atoms with Crippen LogP contribution in [0.3, 0.4) is 0 Å². The summed E-state index contributed by atoms with van der Waals surface area (Å²) in [6, 6.07) is 9.40. The Labute approximate surface area is 118 Å². The van der Waals surface area contributed by atoms with Crippen molar-refractivity contribution in [1.29, 1.82) is 0 Å². The van der Waals surface area contributed by atoms with Crippen LogP contribution in [0.25, 0.3) is 0 Å². The Balaban J connectivity index is 1.95. The highest BCUT2D eigenvalue weighted by Crippen LogP contribution is 2.28. The lowest BCUT2D eigenvalue weighted by atomic mass is 9.98. The van der Waals surface area contributed by atoms with Gasteiger partial charge in [0.25, 0.3) is 0 Å². The molecule has 0 heterocycles. The van der Waals surface area contributed by atoms with E-state index in [2.05, 4.69) is 55.5 Å². The van der Waals surface area contributed by atoms with Gasteiger partial charge in [-0.3, -0.25) is 0 Å². The number of hydrogen-bond donors (Lipinski definition) is 1. The van der Waals surface area contributed by atoms with E-state index in [0.717, 1.165) is 5.92 Å². The van der Waals surface area contributed by atoms with Crippen molar-refractivity contribution in [2.24, 2.45) is 5.92 Å².